The molecule has 0 N–H and O–H groups in total. The van der Waals surface area contributed by atoms with Crippen LogP contribution in [0.5, 0.6) is 0 Å². The zero-order valence-corrected chi connectivity index (χ0v) is 17.6. The van der Waals surface area contributed by atoms with E-state index in [0.29, 0.717) is 17.1 Å². The molecule has 166 valence electrons. The van der Waals surface area contributed by atoms with Crippen molar-refractivity contribution in [3.8, 4) is 22.6 Å². The van der Waals surface area contributed by atoms with Crippen LogP contribution in [0.2, 0.25) is 0 Å². The van der Waals surface area contributed by atoms with E-state index < -0.39 is 11.7 Å². The summed E-state index contributed by atoms with van der Waals surface area (Å²) in [5, 5.41) is 0. The fraction of sp³-hybridized carbons (Fsp3) is 0.200. The van der Waals surface area contributed by atoms with Gasteiger partial charge in [-0.1, -0.05) is 18.2 Å². The first kappa shape index (κ1) is 21.2. The fourth-order valence-corrected chi connectivity index (χ4v) is 3.93. The molecule has 0 unspecified atom stereocenters. The Hall–Kier alpha value is -3.65. The first-order valence-corrected chi connectivity index (χ1v) is 10.6. The largest absolute Gasteiger partial charge is 0.416 e. The zero-order valence-electron chi connectivity index (χ0n) is 17.6. The maximum Gasteiger partial charge on any atom is 0.416 e. The molecule has 0 saturated carbocycles. The van der Waals surface area contributed by atoms with Crippen molar-refractivity contribution in [2.75, 3.05) is 6.54 Å². The van der Waals surface area contributed by atoms with Gasteiger partial charge >= 0.3 is 6.18 Å². The van der Waals surface area contributed by atoms with Crippen molar-refractivity contribution in [1.29, 1.82) is 0 Å². The number of hydrogen-bond donors (Lipinski definition) is 0. The number of nitrogens with zero attached hydrogens (tertiary/aromatic N) is 5. The highest BCUT2D eigenvalue weighted by Gasteiger charge is 2.30. The highest BCUT2D eigenvalue weighted by molar-refractivity contribution is 5.59. The molecule has 0 saturated heterocycles. The quantitative estimate of drug-likeness (QED) is 0.432. The smallest absolute Gasteiger partial charge is 0.294 e. The Morgan fingerprint density at radius 2 is 1.64 bits per heavy atom. The SMILES string of the molecule is FC(F)(F)c1ccc(-c2ccc(CN3CCc4nc(-c5ccncc5)ncc4C3)cn2)cc1. The number of hydrogen-bond acceptors (Lipinski definition) is 5. The summed E-state index contributed by atoms with van der Waals surface area (Å²) in [5.74, 6) is 0.715. The maximum atomic E-state index is 12.8. The minimum atomic E-state index is -4.34. The van der Waals surface area contributed by atoms with Gasteiger partial charge in [-0.2, -0.15) is 13.2 Å². The van der Waals surface area contributed by atoms with E-state index in [9.17, 15) is 13.2 Å². The average Bonchev–Trinajstić information content (AvgIpc) is 2.84. The number of fused-ring (bicyclic) bond motifs is 1. The second-order valence-corrected chi connectivity index (χ2v) is 7.99. The molecule has 1 aromatic carbocycles. The summed E-state index contributed by atoms with van der Waals surface area (Å²) in [6, 6.07) is 12.7. The molecule has 4 aromatic rings. The maximum absolute atomic E-state index is 12.8. The molecule has 1 aliphatic rings. The Balaban J connectivity index is 1.24. The molecule has 0 amide bonds. The van der Waals surface area contributed by atoms with Crippen LogP contribution in [-0.2, 0) is 25.7 Å². The lowest BCUT2D eigenvalue weighted by Gasteiger charge is -2.28. The number of alkyl halides is 3. The van der Waals surface area contributed by atoms with E-state index in [4.69, 9.17) is 4.98 Å². The van der Waals surface area contributed by atoms with Crippen molar-refractivity contribution in [2.45, 2.75) is 25.7 Å². The lowest BCUT2D eigenvalue weighted by Crippen LogP contribution is -2.31. The van der Waals surface area contributed by atoms with Crippen molar-refractivity contribution in [1.82, 2.24) is 24.8 Å². The molecule has 0 fully saturated rings. The van der Waals surface area contributed by atoms with Gasteiger partial charge in [0.2, 0.25) is 0 Å². The Morgan fingerprint density at radius 1 is 0.848 bits per heavy atom. The summed E-state index contributed by atoms with van der Waals surface area (Å²) in [5.41, 5.74) is 4.83. The Labute approximate surface area is 189 Å². The normalized spacial score (nSPS) is 14.2. The number of aromatic nitrogens is 4. The van der Waals surface area contributed by atoms with Crippen LogP contribution in [0.3, 0.4) is 0 Å². The molecular weight excluding hydrogens is 427 g/mol. The molecule has 1 aliphatic heterocycles. The predicted octanol–water partition coefficient (Wildman–Crippen LogP) is 5.18. The molecule has 0 atom stereocenters. The molecule has 5 nitrogen and oxygen atoms in total. The van der Waals surface area contributed by atoms with Crippen LogP contribution in [0.25, 0.3) is 22.6 Å². The number of benzene rings is 1. The second kappa shape index (κ2) is 8.71. The van der Waals surface area contributed by atoms with Gasteiger partial charge < -0.3 is 0 Å². The molecule has 0 bridgehead atoms. The molecule has 8 heteroatoms. The van der Waals surface area contributed by atoms with Crippen molar-refractivity contribution in [2.24, 2.45) is 0 Å². The summed E-state index contributed by atoms with van der Waals surface area (Å²) < 4.78 is 38.3. The molecule has 0 radical (unpaired) electrons. The van der Waals surface area contributed by atoms with Gasteiger partial charge in [0, 0.05) is 67.5 Å². The van der Waals surface area contributed by atoms with E-state index >= 15 is 0 Å². The van der Waals surface area contributed by atoms with Gasteiger partial charge in [0.05, 0.1) is 17.0 Å². The molecule has 5 rings (SSSR count). The van der Waals surface area contributed by atoms with E-state index in [1.165, 1.54) is 12.1 Å². The van der Waals surface area contributed by atoms with Crippen LogP contribution in [-0.4, -0.2) is 31.4 Å². The number of rotatable bonds is 4. The zero-order chi connectivity index (χ0) is 22.8. The minimum Gasteiger partial charge on any atom is -0.294 e. The van der Waals surface area contributed by atoms with Gasteiger partial charge in [0.15, 0.2) is 5.82 Å². The first-order chi connectivity index (χ1) is 16.0. The highest BCUT2D eigenvalue weighted by Crippen LogP contribution is 2.30. The molecule has 0 spiro atoms. The molecule has 4 heterocycles. The monoisotopic (exact) mass is 447 g/mol. The van der Waals surface area contributed by atoms with Crippen LogP contribution in [0.4, 0.5) is 13.2 Å². The average molecular weight is 447 g/mol. The van der Waals surface area contributed by atoms with Gasteiger partial charge in [0.25, 0.3) is 0 Å². The van der Waals surface area contributed by atoms with E-state index in [-0.39, 0.29) is 0 Å². The summed E-state index contributed by atoms with van der Waals surface area (Å²) in [6.07, 6.45) is 3.65. The van der Waals surface area contributed by atoms with Crippen LogP contribution < -0.4 is 0 Å². The first-order valence-electron chi connectivity index (χ1n) is 10.6. The van der Waals surface area contributed by atoms with E-state index in [2.05, 4.69) is 19.9 Å². The number of halogens is 3. The number of pyridine rings is 2. The third-order valence-electron chi connectivity index (χ3n) is 5.69. The third kappa shape index (κ3) is 4.75. The Morgan fingerprint density at radius 3 is 2.33 bits per heavy atom. The third-order valence-corrected chi connectivity index (χ3v) is 5.69. The molecule has 0 aliphatic carbocycles. The van der Waals surface area contributed by atoms with Gasteiger partial charge in [0.1, 0.15) is 0 Å². The lowest BCUT2D eigenvalue weighted by atomic mass is 10.1. The van der Waals surface area contributed by atoms with Crippen LogP contribution in [0.1, 0.15) is 22.4 Å². The minimum absolute atomic E-state index is 0.647. The van der Waals surface area contributed by atoms with Gasteiger partial charge in [-0.05, 0) is 35.9 Å². The summed E-state index contributed by atoms with van der Waals surface area (Å²) in [4.78, 5) is 20.1. The highest BCUT2D eigenvalue weighted by atomic mass is 19.4. The topological polar surface area (TPSA) is 54.8 Å². The van der Waals surface area contributed by atoms with Gasteiger partial charge in [-0.15, -0.1) is 0 Å². The fourth-order valence-electron chi connectivity index (χ4n) is 3.93. The van der Waals surface area contributed by atoms with E-state index in [0.717, 1.165) is 60.6 Å². The van der Waals surface area contributed by atoms with Crippen molar-refractivity contribution in [3.05, 3.63) is 95.7 Å². The van der Waals surface area contributed by atoms with Crippen LogP contribution in [0.15, 0.2) is 73.3 Å². The standard InChI is InChI=1S/C25H20F3N5/c26-25(27,28)21-4-2-18(3-5-21)22-6-1-17(13-30-22)15-33-12-9-23-20(16-33)14-31-24(32-23)19-7-10-29-11-8-19/h1-8,10-11,13-14H,9,12,15-16H2. The molecule has 3 aromatic heterocycles. The lowest BCUT2D eigenvalue weighted by molar-refractivity contribution is -0.137. The Kier molecular flexibility index (Phi) is 5.60. The summed E-state index contributed by atoms with van der Waals surface area (Å²) in [7, 11) is 0. The molecular formula is C25H20F3N5. The second-order valence-electron chi connectivity index (χ2n) is 7.99. The summed E-state index contributed by atoms with van der Waals surface area (Å²) >= 11 is 0. The predicted molar refractivity (Wildman–Crippen MR) is 118 cm³/mol. The van der Waals surface area contributed by atoms with Crippen molar-refractivity contribution >= 4 is 0 Å². The van der Waals surface area contributed by atoms with E-state index in [1.54, 1.807) is 18.6 Å². The molecule has 33 heavy (non-hydrogen) atoms. The van der Waals surface area contributed by atoms with Crippen molar-refractivity contribution in [3.63, 3.8) is 0 Å². The summed E-state index contributed by atoms with van der Waals surface area (Å²) in [6.45, 7) is 2.36. The van der Waals surface area contributed by atoms with E-state index in [1.807, 2.05) is 30.5 Å². The van der Waals surface area contributed by atoms with Gasteiger partial charge in [-0.25, -0.2) is 9.97 Å². The Bertz CT molecular complexity index is 1240. The van der Waals surface area contributed by atoms with Crippen molar-refractivity contribution < 1.29 is 13.2 Å². The van der Waals surface area contributed by atoms with Crippen LogP contribution >= 0.6 is 0 Å². The van der Waals surface area contributed by atoms with Gasteiger partial charge in [-0.3, -0.25) is 14.9 Å². The van der Waals surface area contributed by atoms with Crippen LogP contribution in [0, 0.1) is 0 Å².